The largest absolute Gasteiger partial charge is 0.461 e. The molecule has 0 radical (unpaired) electrons. The van der Waals surface area contributed by atoms with Crippen molar-refractivity contribution < 1.29 is 4.42 Å². The molecule has 3 aromatic rings. The fraction of sp³-hybridized carbons (Fsp3) is 0.389. The minimum Gasteiger partial charge on any atom is -0.461 e. The monoisotopic (exact) mass is 321 g/mol. The van der Waals surface area contributed by atoms with Gasteiger partial charge in [0.1, 0.15) is 5.69 Å². The summed E-state index contributed by atoms with van der Waals surface area (Å²) < 4.78 is 6.83. The van der Waals surface area contributed by atoms with Gasteiger partial charge in [-0.25, -0.2) is 9.97 Å². The van der Waals surface area contributed by atoms with Crippen LogP contribution in [0.15, 0.2) is 28.9 Å². The lowest BCUT2D eigenvalue weighted by molar-refractivity contribution is 0.365. The standard InChI is InChI=1S/C18H19N5O/c19-18-20-14(9-4-8-13-6-2-1-3-7-13)12-16-21-17(22-23(16)18)15-10-5-11-24-15/h5,10-13H,1-3,6-8H2,(H2,19,20). The third-order valence-corrected chi connectivity index (χ3v) is 4.42. The molecule has 0 atom stereocenters. The van der Waals surface area contributed by atoms with Crippen LogP contribution in [0.4, 0.5) is 5.95 Å². The van der Waals surface area contributed by atoms with Gasteiger partial charge in [-0.1, -0.05) is 25.2 Å². The van der Waals surface area contributed by atoms with Crippen molar-refractivity contribution in [1.82, 2.24) is 19.6 Å². The fourth-order valence-corrected chi connectivity index (χ4v) is 3.16. The van der Waals surface area contributed by atoms with E-state index in [1.165, 1.54) is 36.6 Å². The van der Waals surface area contributed by atoms with Gasteiger partial charge in [0.15, 0.2) is 11.4 Å². The molecule has 1 aliphatic rings. The number of nitrogens with two attached hydrogens (primary N) is 1. The van der Waals surface area contributed by atoms with Crippen LogP contribution in [0.3, 0.4) is 0 Å². The Morgan fingerprint density at radius 1 is 1.25 bits per heavy atom. The average Bonchev–Trinajstić information content (AvgIpc) is 3.25. The number of anilines is 1. The second-order valence-electron chi connectivity index (χ2n) is 6.19. The Morgan fingerprint density at radius 2 is 2.12 bits per heavy atom. The van der Waals surface area contributed by atoms with Gasteiger partial charge in [-0.3, -0.25) is 0 Å². The van der Waals surface area contributed by atoms with E-state index in [2.05, 4.69) is 26.9 Å². The Kier molecular flexibility index (Phi) is 3.91. The first-order chi connectivity index (χ1) is 11.8. The molecular weight excluding hydrogens is 302 g/mol. The molecule has 0 aromatic carbocycles. The summed E-state index contributed by atoms with van der Waals surface area (Å²) in [5.41, 5.74) is 7.24. The van der Waals surface area contributed by atoms with Crippen LogP contribution >= 0.6 is 0 Å². The van der Waals surface area contributed by atoms with Crippen LogP contribution in [0.1, 0.15) is 44.2 Å². The zero-order valence-corrected chi connectivity index (χ0v) is 13.4. The highest BCUT2D eigenvalue weighted by atomic mass is 16.3. The Labute approximate surface area is 140 Å². The van der Waals surface area contributed by atoms with Crippen LogP contribution in [0, 0.1) is 17.8 Å². The van der Waals surface area contributed by atoms with Crippen molar-refractivity contribution in [1.29, 1.82) is 0 Å². The Bertz CT molecular complexity index is 895. The van der Waals surface area contributed by atoms with Crippen LogP contribution in [-0.2, 0) is 0 Å². The van der Waals surface area contributed by atoms with Crippen LogP contribution in [0.2, 0.25) is 0 Å². The fourth-order valence-electron chi connectivity index (χ4n) is 3.16. The smallest absolute Gasteiger partial charge is 0.224 e. The SMILES string of the molecule is Nc1nc(C#CCC2CCCCC2)cc2nc(-c3ccco3)nn12. The summed E-state index contributed by atoms with van der Waals surface area (Å²) in [4.78, 5) is 8.76. The normalized spacial score (nSPS) is 15.3. The van der Waals surface area contributed by atoms with Crippen LogP contribution in [0.25, 0.3) is 17.2 Å². The summed E-state index contributed by atoms with van der Waals surface area (Å²) in [7, 11) is 0. The van der Waals surface area contributed by atoms with E-state index >= 15 is 0 Å². The van der Waals surface area contributed by atoms with Crippen molar-refractivity contribution in [2.24, 2.45) is 5.92 Å². The number of furan rings is 1. The van der Waals surface area contributed by atoms with Crippen molar-refractivity contribution in [3.63, 3.8) is 0 Å². The van der Waals surface area contributed by atoms with Gasteiger partial charge in [-0.15, -0.1) is 5.10 Å². The van der Waals surface area contributed by atoms with Crippen LogP contribution in [-0.4, -0.2) is 19.6 Å². The second kappa shape index (κ2) is 6.36. The zero-order chi connectivity index (χ0) is 16.4. The summed E-state index contributed by atoms with van der Waals surface area (Å²) in [6, 6.07) is 5.41. The predicted molar refractivity (Wildman–Crippen MR) is 91.0 cm³/mol. The highest BCUT2D eigenvalue weighted by Crippen LogP contribution is 2.25. The maximum absolute atomic E-state index is 5.99. The van der Waals surface area contributed by atoms with E-state index in [1.807, 2.05) is 12.1 Å². The molecule has 122 valence electrons. The lowest BCUT2D eigenvalue weighted by Gasteiger charge is -2.18. The molecule has 0 spiro atoms. The molecule has 0 saturated heterocycles. The van der Waals surface area contributed by atoms with Crippen molar-refractivity contribution in [2.75, 3.05) is 5.73 Å². The number of rotatable bonds is 2. The summed E-state index contributed by atoms with van der Waals surface area (Å²) in [6.45, 7) is 0. The predicted octanol–water partition coefficient (Wildman–Crippen LogP) is 3.29. The van der Waals surface area contributed by atoms with Gasteiger partial charge < -0.3 is 10.2 Å². The molecule has 0 bridgehead atoms. The van der Waals surface area contributed by atoms with Gasteiger partial charge in [0.05, 0.1) is 6.26 Å². The highest BCUT2D eigenvalue weighted by molar-refractivity contribution is 5.55. The van der Waals surface area contributed by atoms with Gasteiger partial charge in [0.25, 0.3) is 0 Å². The molecule has 1 aliphatic carbocycles. The Hall–Kier alpha value is -2.81. The quantitative estimate of drug-likeness (QED) is 0.732. The molecule has 6 nitrogen and oxygen atoms in total. The van der Waals surface area contributed by atoms with Crippen molar-refractivity contribution >= 4 is 11.6 Å². The van der Waals surface area contributed by atoms with E-state index in [0.717, 1.165) is 12.3 Å². The van der Waals surface area contributed by atoms with Gasteiger partial charge in [-0.05, 0) is 36.8 Å². The zero-order valence-electron chi connectivity index (χ0n) is 13.4. The van der Waals surface area contributed by atoms with Gasteiger partial charge >= 0.3 is 0 Å². The van der Waals surface area contributed by atoms with Crippen molar-refractivity contribution in [3.05, 3.63) is 30.2 Å². The van der Waals surface area contributed by atoms with E-state index in [4.69, 9.17) is 10.2 Å². The maximum atomic E-state index is 5.99. The summed E-state index contributed by atoms with van der Waals surface area (Å²) >= 11 is 0. The second-order valence-corrected chi connectivity index (χ2v) is 6.19. The molecular formula is C18H19N5O. The summed E-state index contributed by atoms with van der Waals surface area (Å²) in [6.07, 6.45) is 9.13. The molecule has 1 fully saturated rings. The first-order valence-corrected chi connectivity index (χ1v) is 8.35. The van der Waals surface area contributed by atoms with Crippen LogP contribution in [0.5, 0.6) is 0 Å². The summed E-state index contributed by atoms with van der Waals surface area (Å²) in [5.74, 6) is 8.47. The lowest BCUT2D eigenvalue weighted by atomic mass is 9.87. The third-order valence-electron chi connectivity index (χ3n) is 4.42. The number of nitrogens with zero attached hydrogens (tertiary/aromatic N) is 4. The number of nitrogen functional groups attached to an aromatic ring is 1. The van der Waals surface area contributed by atoms with Gasteiger partial charge in [-0.2, -0.15) is 4.52 Å². The molecule has 0 aliphatic heterocycles. The molecule has 4 rings (SSSR count). The highest BCUT2D eigenvalue weighted by Gasteiger charge is 2.13. The first kappa shape index (κ1) is 14.8. The Morgan fingerprint density at radius 3 is 2.92 bits per heavy atom. The third kappa shape index (κ3) is 2.98. The molecule has 1 saturated carbocycles. The lowest BCUT2D eigenvalue weighted by Crippen LogP contribution is -2.05. The topological polar surface area (TPSA) is 82.2 Å². The van der Waals surface area contributed by atoms with Crippen molar-refractivity contribution in [3.8, 4) is 23.4 Å². The number of hydrogen-bond acceptors (Lipinski definition) is 5. The van der Waals surface area contributed by atoms with Crippen LogP contribution < -0.4 is 5.73 Å². The van der Waals surface area contributed by atoms with E-state index in [-0.39, 0.29) is 5.95 Å². The molecule has 3 aromatic heterocycles. The number of hydrogen-bond donors (Lipinski definition) is 1. The molecule has 0 amide bonds. The molecule has 6 heteroatoms. The average molecular weight is 321 g/mol. The molecule has 3 heterocycles. The van der Waals surface area contributed by atoms with E-state index in [9.17, 15) is 0 Å². The molecule has 2 N–H and O–H groups in total. The van der Waals surface area contributed by atoms with Gasteiger partial charge in [0.2, 0.25) is 11.8 Å². The molecule has 0 unspecified atom stereocenters. The minimum atomic E-state index is 0.278. The van der Waals surface area contributed by atoms with E-state index < -0.39 is 0 Å². The number of fused-ring (bicyclic) bond motifs is 1. The first-order valence-electron chi connectivity index (χ1n) is 8.35. The van der Waals surface area contributed by atoms with Gasteiger partial charge in [0, 0.05) is 12.5 Å². The summed E-state index contributed by atoms with van der Waals surface area (Å²) in [5, 5.41) is 4.33. The van der Waals surface area contributed by atoms with E-state index in [0.29, 0.717) is 22.9 Å². The van der Waals surface area contributed by atoms with E-state index in [1.54, 1.807) is 12.3 Å². The Balaban J connectivity index is 1.58. The number of aromatic nitrogens is 4. The minimum absolute atomic E-state index is 0.278. The molecule has 24 heavy (non-hydrogen) atoms. The maximum Gasteiger partial charge on any atom is 0.224 e. The van der Waals surface area contributed by atoms with Crippen molar-refractivity contribution in [2.45, 2.75) is 38.5 Å².